The van der Waals surface area contributed by atoms with Gasteiger partial charge >= 0.3 is 0 Å². The van der Waals surface area contributed by atoms with E-state index in [4.69, 9.17) is 5.73 Å². The molecule has 0 bridgehead atoms. The van der Waals surface area contributed by atoms with Gasteiger partial charge in [0, 0.05) is 12.1 Å². The van der Waals surface area contributed by atoms with Crippen LogP contribution in [0, 0.1) is 6.92 Å². The summed E-state index contributed by atoms with van der Waals surface area (Å²) in [7, 11) is 0. The fourth-order valence-corrected chi connectivity index (χ4v) is 4.27. The number of nitrogens with two attached hydrogens (primary N) is 1. The van der Waals surface area contributed by atoms with E-state index < -0.39 is 24.2 Å². The molecule has 5 N–H and O–H groups in total. The predicted molar refractivity (Wildman–Crippen MR) is 117 cm³/mol. The van der Waals surface area contributed by atoms with Gasteiger partial charge in [0.1, 0.15) is 6.10 Å². The zero-order valence-corrected chi connectivity index (χ0v) is 16.9. The lowest BCUT2D eigenvalue weighted by Gasteiger charge is -2.24. The molecule has 1 aliphatic heterocycles. The lowest BCUT2D eigenvalue weighted by atomic mass is 9.86. The third-order valence-electron chi connectivity index (χ3n) is 5.88. The van der Waals surface area contributed by atoms with E-state index in [1.54, 1.807) is 6.07 Å². The molecule has 0 spiro atoms. The van der Waals surface area contributed by atoms with Crippen LogP contribution in [0.15, 0.2) is 66.7 Å². The molecule has 1 aliphatic rings. The van der Waals surface area contributed by atoms with Crippen molar-refractivity contribution >= 4 is 5.91 Å². The molecule has 0 radical (unpaired) electrons. The van der Waals surface area contributed by atoms with E-state index in [-0.39, 0.29) is 0 Å². The lowest BCUT2D eigenvalue weighted by molar-refractivity contribution is 0.0402. The fourth-order valence-electron chi connectivity index (χ4n) is 4.27. The van der Waals surface area contributed by atoms with Gasteiger partial charge < -0.3 is 21.3 Å². The monoisotopic (exact) mass is 402 g/mol. The lowest BCUT2D eigenvalue weighted by Crippen LogP contribution is -2.28. The Morgan fingerprint density at radius 2 is 1.67 bits per heavy atom. The van der Waals surface area contributed by atoms with E-state index in [1.165, 1.54) is 0 Å². The highest BCUT2D eigenvalue weighted by Crippen LogP contribution is 2.33. The van der Waals surface area contributed by atoms with Crippen molar-refractivity contribution in [2.45, 2.75) is 31.6 Å². The van der Waals surface area contributed by atoms with Crippen molar-refractivity contribution in [3.8, 4) is 11.1 Å². The third-order valence-corrected chi connectivity index (χ3v) is 5.88. The van der Waals surface area contributed by atoms with Crippen molar-refractivity contribution in [2.24, 2.45) is 5.73 Å². The smallest absolute Gasteiger partial charge is 0.248 e. The van der Waals surface area contributed by atoms with Gasteiger partial charge in [-0.2, -0.15) is 0 Å². The molecule has 0 saturated carbocycles. The number of aliphatic hydroxyl groups excluding tert-OH is 2. The number of primary amides is 1. The number of β-amino-alcohol motifs (C(OH)–C–C–N with tert-alkyl or cyclic N) is 1. The summed E-state index contributed by atoms with van der Waals surface area (Å²) in [4.78, 5) is 12.2. The van der Waals surface area contributed by atoms with Gasteiger partial charge in [-0.1, -0.05) is 60.7 Å². The maximum atomic E-state index is 12.2. The molecule has 3 aromatic carbocycles. The maximum Gasteiger partial charge on any atom is 0.248 e. The number of aliphatic hydroxyl groups is 2. The average Bonchev–Trinajstić information content (AvgIpc) is 3.07. The Labute approximate surface area is 176 Å². The summed E-state index contributed by atoms with van der Waals surface area (Å²) in [6, 6.07) is 21.5. The number of hydrogen-bond acceptors (Lipinski definition) is 4. The van der Waals surface area contributed by atoms with Gasteiger partial charge in [0.25, 0.3) is 0 Å². The SMILES string of the molecule is Cc1ccc(C(N)=O)c(Cc2ccc(-c3ccccc3)cc2)c1C1NCC(O)C1O. The summed E-state index contributed by atoms with van der Waals surface area (Å²) in [6.07, 6.45) is -1.28. The van der Waals surface area contributed by atoms with Crippen LogP contribution in [0.1, 0.15) is 38.7 Å². The van der Waals surface area contributed by atoms with Crippen molar-refractivity contribution < 1.29 is 15.0 Å². The molecule has 3 aromatic rings. The molecular formula is C25H26N2O3. The second-order valence-electron chi connectivity index (χ2n) is 7.87. The first-order valence-electron chi connectivity index (χ1n) is 10.1. The van der Waals surface area contributed by atoms with Crippen LogP contribution < -0.4 is 11.1 Å². The van der Waals surface area contributed by atoms with Crippen LogP contribution in [0.2, 0.25) is 0 Å². The molecule has 154 valence electrons. The van der Waals surface area contributed by atoms with E-state index in [0.717, 1.165) is 33.4 Å². The number of benzene rings is 3. The molecule has 3 atom stereocenters. The second-order valence-corrected chi connectivity index (χ2v) is 7.87. The highest BCUT2D eigenvalue weighted by molar-refractivity contribution is 5.95. The van der Waals surface area contributed by atoms with Crippen LogP contribution in [-0.4, -0.2) is 34.9 Å². The van der Waals surface area contributed by atoms with Crippen LogP contribution in [0.3, 0.4) is 0 Å². The summed E-state index contributed by atoms with van der Waals surface area (Å²) in [5.74, 6) is -0.500. The Morgan fingerprint density at radius 1 is 1.00 bits per heavy atom. The molecule has 0 aliphatic carbocycles. The minimum Gasteiger partial charge on any atom is -0.389 e. The number of amides is 1. The van der Waals surface area contributed by atoms with Crippen LogP contribution in [-0.2, 0) is 6.42 Å². The first kappa shape index (κ1) is 20.3. The summed E-state index contributed by atoms with van der Waals surface area (Å²) >= 11 is 0. The standard InChI is InChI=1S/C25H26N2O3/c1-15-7-12-19(25(26)30)20(22(15)23-24(29)21(28)14-27-23)13-16-8-10-18(11-9-16)17-5-3-2-4-6-17/h2-12,21,23-24,27-29H,13-14H2,1H3,(H2,26,30). The third kappa shape index (κ3) is 3.87. The molecule has 1 heterocycles. The summed E-state index contributed by atoms with van der Waals surface area (Å²) in [5, 5.41) is 23.7. The Bertz CT molecular complexity index is 1050. The molecular weight excluding hydrogens is 376 g/mol. The number of nitrogens with one attached hydrogen (secondary N) is 1. The van der Waals surface area contributed by atoms with Crippen LogP contribution >= 0.6 is 0 Å². The molecule has 0 aromatic heterocycles. The summed E-state index contributed by atoms with van der Waals surface area (Å²) in [6.45, 7) is 2.25. The van der Waals surface area contributed by atoms with Gasteiger partial charge in [-0.25, -0.2) is 0 Å². The average molecular weight is 402 g/mol. The Hall–Kier alpha value is -2.99. The largest absolute Gasteiger partial charge is 0.389 e. The topological polar surface area (TPSA) is 95.6 Å². The molecule has 30 heavy (non-hydrogen) atoms. The highest BCUT2D eigenvalue weighted by atomic mass is 16.3. The van der Waals surface area contributed by atoms with Crippen molar-refractivity contribution in [3.63, 3.8) is 0 Å². The van der Waals surface area contributed by atoms with Gasteiger partial charge in [0.2, 0.25) is 5.91 Å². The predicted octanol–water partition coefficient (Wildman–Crippen LogP) is 2.72. The van der Waals surface area contributed by atoms with E-state index in [2.05, 4.69) is 29.6 Å². The van der Waals surface area contributed by atoms with Crippen LogP contribution in [0.25, 0.3) is 11.1 Å². The Kier molecular flexibility index (Phi) is 5.68. The second kappa shape index (κ2) is 8.40. The van der Waals surface area contributed by atoms with Gasteiger partial charge in [0.05, 0.1) is 12.1 Å². The molecule has 5 heteroatoms. The molecule has 1 fully saturated rings. The van der Waals surface area contributed by atoms with Crippen molar-refractivity contribution in [1.29, 1.82) is 0 Å². The number of hydrogen-bond donors (Lipinski definition) is 4. The minimum atomic E-state index is -0.939. The van der Waals surface area contributed by atoms with Gasteiger partial charge in [-0.05, 0) is 52.8 Å². The highest BCUT2D eigenvalue weighted by Gasteiger charge is 2.36. The molecule has 4 rings (SSSR count). The molecule has 1 saturated heterocycles. The maximum absolute atomic E-state index is 12.2. The van der Waals surface area contributed by atoms with Gasteiger partial charge in [0.15, 0.2) is 0 Å². The van der Waals surface area contributed by atoms with E-state index in [0.29, 0.717) is 18.5 Å². The summed E-state index contributed by atoms with van der Waals surface area (Å²) in [5.41, 5.74) is 12.0. The molecule has 5 nitrogen and oxygen atoms in total. The zero-order chi connectivity index (χ0) is 21.3. The zero-order valence-electron chi connectivity index (χ0n) is 16.9. The fraction of sp³-hybridized carbons (Fsp3) is 0.240. The van der Waals surface area contributed by atoms with Gasteiger partial charge in [-0.15, -0.1) is 0 Å². The van der Waals surface area contributed by atoms with Crippen LogP contribution in [0.4, 0.5) is 0 Å². The first-order valence-corrected chi connectivity index (χ1v) is 10.1. The minimum absolute atomic E-state index is 0.303. The molecule has 3 unspecified atom stereocenters. The normalized spacial score (nSPS) is 21.0. The summed E-state index contributed by atoms with van der Waals surface area (Å²) < 4.78 is 0. The van der Waals surface area contributed by atoms with E-state index in [9.17, 15) is 15.0 Å². The molecule has 1 amide bonds. The Balaban J connectivity index is 1.73. The number of rotatable bonds is 5. The Morgan fingerprint density at radius 3 is 2.27 bits per heavy atom. The van der Waals surface area contributed by atoms with Crippen molar-refractivity contribution in [3.05, 3.63) is 94.5 Å². The van der Waals surface area contributed by atoms with E-state index >= 15 is 0 Å². The number of carbonyl (C=O) groups is 1. The quantitative estimate of drug-likeness (QED) is 0.528. The van der Waals surface area contributed by atoms with Crippen molar-refractivity contribution in [2.75, 3.05) is 6.54 Å². The number of aryl methyl sites for hydroxylation is 1. The van der Waals surface area contributed by atoms with Crippen LogP contribution in [0.5, 0.6) is 0 Å². The van der Waals surface area contributed by atoms with Crippen molar-refractivity contribution in [1.82, 2.24) is 5.32 Å². The van der Waals surface area contributed by atoms with Gasteiger partial charge in [-0.3, -0.25) is 4.79 Å². The first-order chi connectivity index (χ1) is 14.5. The number of carbonyl (C=O) groups excluding carboxylic acids is 1. The van der Waals surface area contributed by atoms with E-state index in [1.807, 2.05) is 43.3 Å².